The number of hydroxylamine groups is 1. The molecule has 0 spiro atoms. The molecular formula is C13H25N3O4. The first kappa shape index (κ1) is 16.9. The number of aliphatic hydroxyl groups excluding tert-OH is 1. The number of hydrogen-bond acceptors (Lipinski definition) is 5. The number of hydrogen-bond donors (Lipinski definition) is 3. The molecule has 20 heavy (non-hydrogen) atoms. The van der Waals surface area contributed by atoms with Crippen LogP contribution in [0.3, 0.4) is 0 Å². The lowest BCUT2D eigenvalue weighted by molar-refractivity contribution is -0.149. The average Bonchev–Trinajstić information content (AvgIpc) is 2.85. The fourth-order valence-corrected chi connectivity index (χ4v) is 2.50. The van der Waals surface area contributed by atoms with Crippen molar-refractivity contribution in [2.75, 3.05) is 13.7 Å². The first-order valence-electron chi connectivity index (χ1n) is 6.95. The topological polar surface area (TPSA) is 105 Å². The molecular weight excluding hydrogens is 262 g/mol. The molecule has 0 aliphatic carbocycles. The normalized spacial score (nSPS) is 21.9. The molecule has 7 nitrogen and oxygen atoms in total. The Morgan fingerprint density at radius 3 is 2.70 bits per heavy atom. The largest absolute Gasteiger partial charge is 0.382 e. The van der Waals surface area contributed by atoms with Crippen molar-refractivity contribution in [2.45, 2.75) is 51.3 Å². The zero-order valence-electron chi connectivity index (χ0n) is 12.3. The Bertz CT molecular complexity index is 349. The second kappa shape index (κ2) is 7.56. The molecule has 0 radical (unpaired) electrons. The van der Waals surface area contributed by atoms with Crippen LogP contribution in [-0.4, -0.2) is 53.7 Å². The van der Waals surface area contributed by atoms with E-state index in [9.17, 15) is 14.7 Å². The third kappa shape index (κ3) is 4.16. The number of rotatable bonds is 6. The molecule has 1 fully saturated rings. The zero-order chi connectivity index (χ0) is 15.3. The minimum atomic E-state index is -1.27. The maximum absolute atomic E-state index is 12.3. The van der Waals surface area contributed by atoms with Gasteiger partial charge in [-0.05, 0) is 25.2 Å². The van der Waals surface area contributed by atoms with Gasteiger partial charge in [-0.25, -0.2) is 5.48 Å². The number of carbonyl (C=O) groups is 2. The molecule has 1 heterocycles. The summed E-state index contributed by atoms with van der Waals surface area (Å²) in [6.45, 7) is 4.40. The lowest BCUT2D eigenvalue weighted by Gasteiger charge is -2.28. The van der Waals surface area contributed by atoms with Crippen molar-refractivity contribution in [3.05, 3.63) is 0 Å². The third-order valence-corrected chi connectivity index (χ3v) is 3.44. The van der Waals surface area contributed by atoms with Crippen molar-refractivity contribution in [1.82, 2.24) is 10.4 Å². The number of aliphatic hydroxyl groups is 1. The fraction of sp³-hybridized carbons (Fsp3) is 0.846. The Morgan fingerprint density at radius 2 is 2.15 bits per heavy atom. The quantitative estimate of drug-likeness (QED) is 0.565. The van der Waals surface area contributed by atoms with Gasteiger partial charge in [0.15, 0.2) is 0 Å². The summed E-state index contributed by atoms with van der Waals surface area (Å²) in [5.74, 6) is -0.562. The average molecular weight is 287 g/mol. The molecule has 1 aliphatic rings. The van der Waals surface area contributed by atoms with E-state index in [1.165, 1.54) is 12.0 Å². The number of carbonyl (C=O) groups excluding carboxylic acids is 2. The van der Waals surface area contributed by atoms with Gasteiger partial charge in [-0.15, -0.1) is 0 Å². The predicted octanol–water partition coefficient (Wildman–Crippen LogP) is -0.611. The summed E-state index contributed by atoms with van der Waals surface area (Å²) in [5, 5.41) is 10.0. The molecule has 0 aromatic heterocycles. The SMILES string of the molecule is CONC(=O)[C@@H]1CCCN1C(=O)[C@@H](O)[C@H](N)CC(C)C. The maximum Gasteiger partial charge on any atom is 0.266 e. The molecule has 3 atom stereocenters. The second-order valence-corrected chi connectivity index (χ2v) is 5.60. The molecule has 1 rings (SSSR count). The summed E-state index contributed by atoms with van der Waals surface area (Å²) in [6, 6.07) is -1.21. The predicted molar refractivity (Wildman–Crippen MR) is 73.3 cm³/mol. The summed E-state index contributed by atoms with van der Waals surface area (Å²) in [4.78, 5) is 30.0. The Labute approximate surface area is 119 Å². The highest BCUT2D eigenvalue weighted by atomic mass is 16.6. The van der Waals surface area contributed by atoms with Crippen LogP contribution in [0.5, 0.6) is 0 Å². The summed E-state index contributed by atoms with van der Waals surface area (Å²) in [5.41, 5.74) is 8.07. The maximum atomic E-state index is 12.3. The van der Waals surface area contributed by atoms with Crippen LogP contribution in [0, 0.1) is 5.92 Å². The molecule has 4 N–H and O–H groups in total. The Kier molecular flexibility index (Phi) is 6.38. The Balaban J connectivity index is 2.67. The van der Waals surface area contributed by atoms with Crippen LogP contribution in [0.25, 0.3) is 0 Å². The van der Waals surface area contributed by atoms with Crippen LogP contribution in [0.2, 0.25) is 0 Å². The van der Waals surface area contributed by atoms with Crippen molar-refractivity contribution in [3.8, 4) is 0 Å². The lowest BCUT2D eigenvalue weighted by Crippen LogP contribution is -2.53. The molecule has 0 saturated carbocycles. The van der Waals surface area contributed by atoms with E-state index in [2.05, 4.69) is 10.3 Å². The van der Waals surface area contributed by atoms with Crippen molar-refractivity contribution >= 4 is 11.8 Å². The monoisotopic (exact) mass is 287 g/mol. The van der Waals surface area contributed by atoms with E-state index >= 15 is 0 Å². The smallest absolute Gasteiger partial charge is 0.266 e. The molecule has 116 valence electrons. The molecule has 0 aromatic carbocycles. The molecule has 0 bridgehead atoms. The van der Waals surface area contributed by atoms with Crippen LogP contribution >= 0.6 is 0 Å². The van der Waals surface area contributed by atoms with Gasteiger partial charge in [-0.1, -0.05) is 13.8 Å². The summed E-state index contributed by atoms with van der Waals surface area (Å²) in [7, 11) is 1.34. The van der Waals surface area contributed by atoms with E-state index in [0.29, 0.717) is 25.3 Å². The summed E-state index contributed by atoms with van der Waals surface area (Å²) >= 11 is 0. The highest BCUT2D eigenvalue weighted by molar-refractivity contribution is 5.89. The number of nitrogens with zero attached hydrogens (tertiary/aromatic N) is 1. The van der Waals surface area contributed by atoms with Gasteiger partial charge in [0.2, 0.25) is 0 Å². The van der Waals surface area contributed by atoms with E-state index in [1.54, 1.807) is 0 Å². The van der Waals surface area contributed by atoms with Gasteiger partial charge in [0.1, 0.15) is 12.1 Å². The van der Waals surface area contributed by atoms with Gasteiger partial charge in [0.25, 0.3) is 11.8 Å². The van der Waals surface area contributed by atoms with Crippen LogP contribution in [0.1, 0.15) is 33.1 Å². The molecule has 7 heteroatoms. The van der Waals surface area contributed by atoms with E-state index in [0.717, 1.165) is 6.42 Å². The Hall–Kier alpha value is -1.18. The Morgan fingerprint density at radius 1 is 1.50 bits per heavy atom. The van der Waals surface area contributed by atoms with Gasteiger partial charge >= 0.3 is 0 Å². The van der Waals surface area contributed by atoms with E-state index < -0.39 is 24.1 Å². The van der Waals surface area contributed by atoms with Gasteiger partial charge in [0.05, 0.1) is 7.11 Å². The molecule has 0 aromatic rings. The zero-order valence-corrected chi connectivity index (χ0v) is 12.3. The van der Waals surface area contributed by atoms with Crippen molar-refractivity contribution in [2.24, 2.45) is 11.7 Å². The summed E-state index contributed by atoms with van der Waals surface area (Å²) in [6.07, 6.45) is 0.566. The van der Waals surface area contributed by atoms with E-state index in [-0.39, 0.29) is 5.91 Å². The number of amides is 2. The van der Waals surface area contributed by atoms with Crippen molar-refractivity contribution in [3.63, 3.8) is 0 Å². The number of nitrogens with one attached hydrogen (secondary N) is 1. The number of nitrogens with two attached hydrogens (primary N) is 1. The van der Waals surface area contributed by atoms with Crippen molar-refractivity contribution in [1.29, 1.82) is 0 Å². The van der Waals surface area contributed by atoms with Gasteiger partial charge in [-0.2, -0.15) is 0 Å². The van der Waals surface area contributed by atoms with Crippen LogP contribution in [0.4, 0.5) is 0 Å². The lowest BCUT2D eigenvalue weighted by atomic mass is 9.99. The van der Waals surface area contributed by atoms with Crippen LogP contribution in [0.15, 0.2) is 0 Å². The highest BCUT2D eigenvalue weighted by Crippen LogP contribution is 2.20. The minimum absolute atomic E-state index is 0.290. The highest BCUT2D eigenvalue weighted by Gasteiger charge is 2.38. The summed E-state index contributed by atoms with van der Waals surface area (Å²) < 4.78 is 0. The van der Waals surface area contributed by atoms with Gasteiger partial charge < -0.3 is 15.7 Å². The van der Waals surface area contributed by atoms with Gasteiger partial charge in [-0.3, -0.25) is 14.4 Å². The number of likely N-dealkylation sites (tertiary alicyclic amines) is 1. The van der Waals surface area contributed by atoms with Crippen LogP contribution in [-0.2, 0) is 14.4 Å². The first-order valence-corrected chi connectivity index (χ1v) is 6.95. The third-order valence-electron chi connectivity index (χ3n) is 3.44. The molecule has 0 unspecified atom stereocenters. The van der Waals surface area contributed by atoms with Gasteiger partial charge in [0, 0.05) is 12.6 Å². The van der Waals surface area contributed by atoms with E-state index in [4.69, 9.17) is 5.73 Å². The van der Waals surface area contributed by atoms with Crippen molar-refractivity contribution < 1.29 is 19.5 Å². The fourth-order valence-electron chi connectivity index (χ4n) is 2.50. The standard InChI is InChI=1S/C13H25N3O4/c1-8(2)7-9(14)11(17)13(19)16-6-4-5-10(16)12(18)15-20-3/h8-11,17H,4-7,14H2,1-3H3,(H,15,18)/t9-,10+,11+/m1/s1. The van der Waals surface area contributed by atoms with E-state index in [1.807, 2.05) is 13.8 Å². The second-order valence-electron chi connectivity index (χ2n) is 5.60. The first-order chi connectivity index (χ1) is 9.38. The molecule has 1 saturated heterocycles. The molecule has 2 amide bonds. The van der Waals surface area contributed by atoms with Crippen LogP contribution < -0.4 is 11.2 Å². The molecule has 1 aliphatic heterocycles. The minimum Gasteiger partial charge on any atom is -0.382 e.